The Morgan fingerprint density at radius 2 is 2.10 bits per heavy atom. The van der Waals surface area contributed by atoms with Crippen molar-refractivity contribution in [3.8, 4) is 11.5 Å². The maximum atomic E-state index is 9.57. The summed E-state index contributed by atoms with van der Waals surface area (Å²) < 4.78 is 5.78. The van der Waals surface area contributed by atoms with Gasteiger partial charge < -0.3 is 9.52 Å². The van der Waals surface area contributed by atoms with Crippen LogP contribution in [0.5, 0.6) is 0 Å². The number of likely N-dealkylation sites (tertiary alicyclic amines) is 1. The maximum Gasteiger partial charge on any atom is 0.247 e. The minimum atomic E-state index is -0.182. The maximum absolute atomic E-state index is 9.57. The van der Waals surface area contributed by atoms with Gasteiger partial charge in [0.15, 0.2) is 0 Å². The van der Waals surface area contributed by atoms with Crippen molar-refractivity contribution in [3.05, 3.63) is 35.2 Å². The zero-order chi connectivity index (χ0) is 14.8. The van der Waals surface area contributed by atoms with Gasteiger partial charge in [0.25, 0.3) is 0 Å². The molecule has 1 fully saturated rings. The van der Waals surface area contributed by atoms with E-state index in [4.69, 9.17) is 16.0 Å². The van der Waals surface area contributed by atoms with E-state index in [9.17, 15) is 5.11 Å². The summed E-state index contributed by atoms with van der Waals surface area (Å²) in [7, 11) is 0. The molecule has 0 bridgehead atoms. The molecule has 2 aromatic rings. The highest BCUT2D eigenvalue weighted by atomic mass is 35.5. The summed E-state index contributed by atoms with van der Waals surface area (Å²) in [6.07, 6.45) is 1.40. The van der Waals surface area contributed by atoms with E-state index in [1.54, 1.807) is 6.07 Å². The first-order valence-corrected chi connectivity index (χ1v) is 7.53. The van der Waals surface area contributed by atoms with Crippen molar-refractivity contribution < 1.29 is 9.52 Å². The molecule has 0 aliphatic carbocycles. The normalized spacial score (nSPS) is 18.8. The fraction of sp³-hybridized carbons (Fsp3) is 0.467. The Balaban J connectivity index is 1.75. The molecule has 0 saturated carbocycles. The Hall–Kier alpha value is -1.43. The van der Waals surface area contributed by atoms with Gasteiger partial charge in [-0.2, -0.15) is 0 Å². The topological polar surface area (TPSA) is 62.4 Å². The standard InChI is InChI=1S/C15H18ClN3O2/c1-10(19-7-5-13(20)6-8-19)14-17-18-15(21-14)11-3-2-4-12(16)9-11/h2-4,9-10,13,20H,5-8H2,1H3/t10-/m1/s1. The van der Waals surface area contributed by atoms with Crippen molar-refractivity contribution in [2.45, 2.75) is 31.9 Å². The molecule has 0 unspecified atom stereocenters. The molecule has 1 N–H and O–H groups in total. The third-order valence-electron chi connectivity index (χ3n) is 3.92. The van der Waals surface area contributed by atoms with Crippen molar-refractivity contribution >= 4 is 11.6 Å². The predicted octanol–water partition coefficient (Wildman–Crippen LogP) is 2.91. The Morgan fingerprint density at radius 1 is 1.33 bits per heavy atom. The molecule has 1 aromatic carbocycles. The van der Waals surface area contributed by atoms with Crippen molar-refractivity contribution in [1.82, 2.24) is 15.1 Å². The van der Waals surface area contributed by atoms with Crippen LogP contribution in [0.2, 0.25) is 5.02 Å². The van der Waals surface area contributed by atoms with E-state index in [1.165, 1.54) is 0 Å². The average molecular weight is 308 g/mol. The van der Waals surface area contributed by atoms with Crippen molar-refractivity contribution in [1.29, 1.82) is 0 Å². The van der Waals surface area contributed by atoms with Crippen LogP contribution < -0.4 is 0 Å². The summed E-state index contributed by atoms with van der Waals surface area (Å²) in [5.41, 5.74) is 0.822. The van der Waals surface area contributed by atoms with Gasteiger partial charge in [-0.25, -0.2) is 0 Å². The smallest absolute Gasteiger partial charge is 0.247 e. The van der Waals surface area contributed by atoms with Crippen LogP contribution in [0.4, 0.5) is 0 Å². The van der Waals surface area contributed by atoms with Gasteiger partial charge in [0.1, 0.15) is 0 Å². The van der Waals surface area contributed by atoms with Crippen LogP contribution in [0.25, 0.3) is 11.5 Å². The van der Waals surface area contributed by atoms with Gasteiger partial charge in [-0.15, -0.1) is 10.2 Å². The van der Waals surface area contributed by atoms with Gasteiger partial charge in [0.2, 0.25) is 11.8 Å². The summed E-state index contributed by atoms with van der Waals surface area (Å²) in [4.78, 5) is 2.25. The number of aliphatic hydroxyl groups is 1. The molecule has 0 amide bonds. The Kier molecular flexibility index (Phi) is 4.24. The molecule has 112 valence electrons. The molecule has 2 heterocycles. The summed E-state index contributed by atoms with van der Waals surface area (Å²) in [6, 6.07) is 7.42. The average Bonchev–Trinajstić information content (AvgIpc) is 2.97. The zero-order valence-electron chi connectivity index (χ0n) is 11.9. The molecule has 21 heavy (non-hydrogen) atoms. The molecule has 5 nitrogen and oxygen atoms in total. The van der Waals surface area contributed by atoms with Gasteiger partial charge >= 0.3 is 0 Å². The number of hydrogen-bond donors (Lipinski definition) is 1. The lowest BCUT2D eigenvalue weighted by Crippen LogP contribution is -2.37. The van der Waals surface area contributed by atoms with Gasteiger partial charge in [0.05, 0.1) is 12.1 Å². The monoisotopic (exact) mass is 307 g/mol. The number of rotatable bonds is 3. The first-order valence-electron chi connectivity index (χ1n) is 7.15. The second-order valence-corrected chi connectivity index (χ2v) is 5.84. The van der Waals surface area contributed by atoms with Crippen LogP contribution in [0.15, 0.2) is 28.7 Å². The highest BCUT2D eigenvalue weighted by Crippen LogP contribution is 2.27. The summed E-state index contributed by atoms with van der Waals surface area (Å²) in [5.74, 6) is 1.08. The number of aliphatic hydroxyl groups excluding tert-OH is 1. The molecular formula is C15H18ClN3O2. The molecule has 3 rings (SSSR count). The molecule has 0 spiro atoms. The molecule has 1 atom stereocenters. The highest BCUT2D eigenvalue weighted by Gasteiger charge is 2.25. The first-order chi connectivity index (χ1) is 10.1. The van der Waals surface area contributed by atoms with E-state index in [0.717, 1.165) is 31.5 Å². The molecule has 0 radical (unpaired) electrons. The minimum absolute atomic E-state index is 0.0536. The Morgan fingerprint density at radius 3 is 2.81 bits per heavy atom. The largest absolute Gasteiger partial charge is 0.419 e. The SMILES string of the molecule is C[C@H](c1nnc(-c2cccc(Cl)c2)o1)N1CCC(O)CC1. The van der Waals surface area contributed by atoms with Crippen LogP contribution in [0.1, 0.15) is 31.7 Å². The first kappa shape index (κ1) is 14.5. The fourth-order valence-corrected chi connectivity index (χ4v) is 2.76. The van der Waals surface area contributed by atoms with E-state index >= 15 is 0 Å². The second-order valence-electron chi connectivity index (χ2n) is 5.40. The fourth-order valence-electron chi connectivity index (χ4n) is 2.57. The molecule has 1 aliphatic heterocycles. The second kappa shape index (κ2) is 6.13. The Bertz CT molecular complexity index is 608. The third kappa shape index (κ3) is 3.26. The minimum Gasteiger partial charge on any atom is -0.419 e. The zero-order valence-corrected chi connectivity index (χ0v) is 12.6. The number of hydrogen-bond acceptors (Lipinski definition) is 5. The van der Waals surface area contributed by atoms with Crippen LogP contribution in [0, 0.1) is 0 Å². The molecule has 1 aromatic heterocycles. The quantitative estimate of drug-likeness (QED) is 0.944. The van der Waals surface area contributed by atoms with Crippen LogP contribution >= 0.6 is 11.6 Å². The van der Waals surface area contributed by atoms with E-state index in [0.29, 0.717) is 16.8 Å². The van der Waals surface area contributed by atoms with Crippen molar-refractivity contribution in [2.75, 3.05) is 13.1 Å². The van der Waals surface area contributed by atoms with Gasteiger partial charge in [-0.3, -0.25) is 4.90 Å². The third-order valence-corrected chi connectivity index (χ3v) is 4.15. The highest BCUT2D eigenvalue weighted by molar-refractivity contribution is 6.30. The molecule has 6 heteroatoms. The molecule has 1 aliphatic rings. The van der Waals surface area contributed by atoms with Crippen LogP contribution in [0.3, 0.4) is 0 Å². The number of benzene rings is 1. The summed E-state index contributed by atoms with van der Waals surface area (Å²) in [5, 5.41) is 18.5. The lowest BCUT2D eigenvalue weighted by atomic mass is 10.1. The lowest BCUT2D eigenvalue weighted by Gasteiger charge is -2.32. The van der Waals surface area contributed by atoms with Crippen LogP contribution in [-0.4, -0.2) is 39.4 Å². The lowest BCUT2D eigenvalue weighted by molar-refractivity contribution is 0.0582. The Labute approximate surface area is 128 Å². The van der Waals surface area contributed by atoms with Gasteiger partial charge in [-0.05, 0) is 38.0 Å². The number of nitrogens with zero attached hydrogens (tertiary/aromatic N) is 3. The van der Waals surface area contributed by atoms with E-state index in [2.05, 4.69) is 15.1 Å². The van der Waals surface area contributed by atoms with Crippen molar-refractivity contribution in [3.63, 3.8) is 0 Å². The van der Waals surface area contributed by atoms with Gasteiger partial charge in [0, 0.05) is 23.7 Å². The van der Waals surface area contributed by atoms with E-state index in [1.807, 2.05) is 25.1 Å². The summed E-state index contributed by atoms with van der Waals surface area (Å²) >= 11 is 5.98. The van der Waals surface area contributed by atoms with E-state index < -0.39 is 0 Å². The number of aromatic nitrogens is 2. The number of piperidine rings is 1. The molecular weight excluding hydrogens is 290 g/mol. The van der Waals surface area contributed by atoms with E-state index in [-0.39, 0.29) is 12.1 Å². The predicted molar refractivity (Wildman–Crippen MR) is 80.0 cm³/mol. The number of halogens is 1. The van der Waals surface area contributed by atoms with Crippen molar-refractivity contribution in [2.24, 2.45) is 0 Å². The van der Waals surface area contributed by atoms with Crippen LogP contribution in [-0.2, 0) is 0 Å². The van der Waals surface area contributed by atoms with Gasteiger partial charge in [-0.1, -0.05) is 17.7 Å². The molecule has 1 saturated heterocycles. The summed E-state index contributed by atoms with van der Waals surface area (Å²) in [6.45, 7) is 3.74.